The number of ether oxygens (including phenoxy) is 6. The Kier molecular flexibility index (Phi) is 8.10. The Morgan fingerprint density at radius 2 is 1.83 bits per heavy atom. The van der Waals surface area contributed by atoms with Gasteiger partial charge >= 0.3 is 0 Å². The molecule has 228 valence electrons. The van der Waals surface area contributed by atoms with E-state index in [0.717, 1.165) is 0 Å². The standard InChI is InChI=1S/C27H36O14/c1-11-5-13(29)18-15(38-11)7-14-12(22(18)35-4)6-17(39-14)26(2,3)41-24-21(32)20(31)19(30)16(40-24)8-36-25-23(33)27(34,9-28)10-37-25/h5,7,16-17,19-21,23-25,28,30-34H,6,8-10H2,1-4H3/t16-,17?,19-,20+,21-,23+,24+,25-,27-/m0/s1. The largest absolute Gasteiger partial charge is 0.495 e. The molecule has 0 saturated carbocycles. The highest BCUT2D eigenvalue weighted by atomic mass is 16.7. The molecule has 3 aliphatic rings. The van der Waals surface area contributed by atoms with E-state index in [0.29, 0.717) is 33.8 Å². The number of hydrogen-bond donors (Lipinski definition) is 6. The zero-order valence-corrected chi connectivity index (χ0v) is 23.1. The van der Waals surface area contributed by atoms with E-state index >= 15 is 0 Å². The van der Waals surface area contributed by atoms with E-state index in [4.69, 9.17) is 32.8 Å². The summed E-state index contributed by atoms with van der Waals surface area (Å²) in [6.07, 6.45) is -10.8. The topological polar surface area (TPSA) is 207 Å². The SMILES string of the molecule is COc1c2c(cc3oc(C)cc(=O)c13)OC(C(C)(C)O[C@H]1O[C@@H](CO[C@H]3OC[C@@](O)(CO)[C@@H]3O)[C@H](O)[C@@H](O)[C@@H]1O)C2. The van der Waals surface area contributed by atoms with Crippen molar-refractivity contribution in [2.24, 2.45) is 0 Å². The van der Waals surface area contributed by atoms with Crippen LogP contribution in [0.15, 0.2) is 21.3 Å². The number of aliphatic hydroxyl groups excluding tert-OH is 5. The lowest BCUT2D eigenvalue weighted by Crippen LogP contribution is -2.61. The molecule has 0 aliphatic carbocycles. The lowest BCUT2D eigenvalue weighted by atomic mass is 9.94. The normalized spacial score (nSPS) is 35.5. The van der Waals surface area contributed by atoms with Crippen molar-refractivity contribution in [3.63, 3.8) is 0 Å². The van der Waals surface area contributed by atoms with Crippen LogP contribution in [0.3, 0.4) is 0 Å². The number of aryl methyl sites for hydroxylation is 1. The molecule has 14 heteroatoms. The molecule has 9 atom stereocenters. The van der Waals surface area contributed by atoms with Crippen molar-refractivity contribution in [2.75, 3.05) is 26.9 Å². The van der Waals surface area contributed by atoms with Crippen molar-refractivity contribution < 1.29 is 63.5 Å². The van der Waals surface area contributed by atoms with Crippen LogP contribution in [0.25, 0.3) is 11.0 Å². The molecule has 5 rings (SSSR count). The van der Waals surface area contributed by atoms with Crippen molar-refractivity contribution in [3.05, 3.63) is 33.7 Å². The van der Waals surface area contributed by atoms with Gasteiger partial charge in [-0.2, -0.15) is 0 Å². The van der Waals surface area contributed by atoms with Gasteiger partial charge in [0.15, 0.2) is 18.0 Å². The molecule has 2 aromatic rings. The lowest BCUT2D eigenvalue weighted by molar-refractivity contribution is -0.335. The molecule has 2 saturated heterocycles. The van der Waals surface area contributed by atoms with Crippen LogP contribution < -0.4 is 14.9 Å². The van der Waals surface area contributed by atoms with Crippen molar-refractivity contribution in [3.8, 4) is 11.5 Å². The van der Waals surface area contributed by atoms with Crippen LogP contribution in [-0.4, -0.2) is 118 Å². The number of hydrogen-bond acceptors (Lipinski definition) is 14. The summed E-state index contributed by atoms with van der Waals surface area (Å²) in [4.78, 5) is 12.7. The highest BCUT2D eigenvalue weighted by molar-refractivity contribution is 5.87. The fraction of sp³-hybridized carbons (Fsp3) is 0.667. The quantitative estimate of drug-likeness (QED) is 0.208. The van der Waals surface area contributed by atoms with Gasteiger partial charge in [-0.05, 0) is 20.8 Å². The average Bonchev–Trinajstić information content (AvgIpc) is 3.48. The van der Waals surface area contributed by atoms with Gasteiger partial charge in [0.2, 0.25) is 0 Å². The summed E-state index contributed by atoms with van der Waals surface area (Å²) in [5.74, 6) is 1.21. The predicted molar refractivity (Wildman–Crippen MR) is 137 cm³/mol. The second-order valence-electron chi connectivity index (χ2n) is 11.2. The first kappa shape index (κ1) is 30.1. The molecule has 2 fully saturated rings. The zero-order chi connectivity index (χ0) is 29.9. The van der Waals surface area contributed by atoms with Gasteiger partial charge in [-0.3, -0.25) is 4.79 Å². The maximum Gasteiger partial charge on any atom is 0.196 e. The first-order valence-electron chi connectivity index (χ1n) is 13.2. The Hall–Kier alpha value is -2.37. The second kappa shape index (κ2) is 11.0. The van der Waals surface area contributed by atoms with Gasteiger partial charge in [-0.1, -0.05) is 0 Å². The Balaban J connectivity index is 1.30. The predicted octanol–water partition coefficient (Wildman–Crippen LogP) is -1.53. The smallest absolute Gasteiger partial charge is 0.196 e. The molecule has 3 aliphatic heterocycles. The van der Waals surface area contributed by atoms with Gasteiger partial charge in [0, 0.05) is 24.1 Å². The second-order valence-corrected chi connectivity index (χ2v) is 11.2. The minimum atomic E-state index is -1.91. The van der Waals surface area contributed by atoms with Crippen molar-refractivity contribution >= 4 is 11.0 Å². The molecular weight excluding hydrogens is 548 g/mol. The van der Waals surface area contributed by atoms with Gasteiger partial charge in [0.05, 0.1) is 26.9 Å². The van der Waals surface area contributed by atoms with Crippen molar-refractivity contribution in [1.82, 2.24) is 0 Å². The van der Waals surface area contributed by atoms with Crippen LogP contribution in [0.5, 0.6) is 11.5 Å². The van der Waals surface area contributed by atoms with E-state index in [9.17, 15) is 35.4 Å². The zero-order valence-electron chi connectivity index (χ0n) is 23.1. The molecule has 14 nitrogen and oxygen atoms in total. The summed E-state index contributed by atoms with van der Waals surface area (Å²) in [6.45, 7) is 3.51. The van der Waals surface area contributed by atoms with Gasteiger partial charge in [0.1, 0.15) is 76.1 Å². The maximum absolute atomic E-state index is 12.7. The van der Waals surface area contributed by atoms with E-state index in [1.807, 2.05) is 0 Å². The van der Waals surface area contributed by atoms with Crippen LogP contribution in [-0.2, 0) is 25.4 Å². The summed E-state index contributed by atoms with van der Waals surface area (Å²) in [5.41, 5.74) is -2.35. The van der Waals surface area contributed by atoms with Crippen LogP contribution in [0, 0.1) is 6.92 Å². The first-order valence-corrected chi connectivity index (χ1v) is 13.2. The summed E-state index contributed by atoms with van der Waals surface area (Å²) in [6, 6.07) is 3.00. The number of rotatable bonds is 8. The molecule has 4 heterocycles. The third-order valence-corrected chi connectivity index (χ3v) is 7.89. The van der Waals surface area contributed by atoms with Gasteiger partial charge < -0.3 is 63.5 Å². The highest BCUT2D eigenvalue weighted by Gasteiger charge is 2.51. The van der Waals surface area contributed by atoms with E-state index in [-0.39, 0.29) is 18.5 Å². The minimum Gasteiger partial charge on any atom is -0.495 e. The molecule has 0 spiro atoms. The van der Waals surface area contributed by atoms with E-state index < -0.39 is 73.6 Å². The van der Waals surface area contributed by atoms with Gasteiger partial charge in [-0.15, -0.1) is 0 Å². The molecule has 0 bridgehead atoms. The summed E-state index contributed by atoms with van der Waals surface area (Å²) >= 11 is 0. The summed E-state index contributed by atoms with van der Waals surface area (Å²) < 4.78 is 40.0. The minimum absolute atomic E-state index is 0.251. The van der Waals surface area contributed by atoms with E-state index in [2.05, 4.69) is 0 Å². The third-order valence-electron chi connectivity index (χ3n) is 7.89. The number of fused-ring (bicyclic) bond motifs is 2. The molecule has 1 aromatic carbocycles. The Morgan fingerprint density at radius 3 is 2.49 bits per heavy atom. The van der Waals surface area contributed by atoms with Crippen molar-refractivity contribution in [2.45, 2.75) is 87.6 Å². The number of methoxy groups -OCH3 is 1. The van der Waals surface area contributed by atoms with Crippen LogP contribution in [0.4, 0.5) is 0 Å². The number of benzene rings is 1. The summed E-state index contributed by atoms with van der Waals surface area (Å²) in [7, 11) is 1.45. The Labute approximate surface area is 234 Å². The molecular formula is C27H36O14. The summed E-state index contributed by atoms with van der Waals surface area (Å²) in [5, 5.41) is 61.6. The molecule has 0 amide bonds. The van der Waals surface area contributed by atoms with Crippen LogP contribution in [0.1, 0.15) is 25.2 Å². The Bertz CT molecular complexity index is 1330. The first-order chi connectivity index (χ1) is 19.3. The number of aliphatic hydroxyl groups is 6. The fourth-order valence-corrected chi connectivity index (χ4v) is 5.37. The Morgan fingerprint density at radius 1 is 1.10 bits per heavy atom. The molecule has 0 radical (unpaired) electrons. The van der Waals surface area contributed by atoms with Gasteiger partial charge in [0.25, 0.3) is 0 Å². The van der Waals surface area contributed by atoms with E-state index in [1.165, 1.54) is 13.2 Å². The fourth-order valence-electron chi connectivity index (χ4n) is 5.37. The van der Waals surface area contributed by atoms with Gasteiger partial charge in [-0.25, -0.2) is 0 Å². The highest BCUT2D eigenvalue weighted by Crippen LogP contribution is 2.44. The average molecular weight is 585 g/mol. The molecule has 6 N–H and O–H groups in total. The van der Waals surface area contributed by atoms with Crippen molar-refractivity contribution in [1.29, 1.82) is 0 Å². The maximum atomic E-state index is 12.7. The third kappa shape index (κ3) is 5.33. The van der Waals surface area contributed by atoms with Crippen LogP contribution in [0.2, 0.25) is 0 Å². The molecule has 1 unspecified atom stereocenters. The van der Waals surface area contributed by atoms with Crippen LogP contribution >= 0.6 is 0 Å². The molecule has 1 aromatic heterocycles. The van der Waals surface area contributed by atoms with E-state index in [1.54, 1.807) is 26.8 Å². The molecule has 41 heavy (non-hydrogen) atoms. The lowest BCUT2D eigenvalue weighted by Gasteiger charge is -2.44. The monoisotopic (exact) mass is 584 g/mol.